The summed E-state index contributed by atoms with van der Waals surface area (Å²) in [6.07, 6.45) is -4.42. The van der Waals surface area contributed by atoms with Crippen molar-refractivity contribution in [3.63, 3.8) is 0 Å². The predicted molar refractivity (Wildman–Crippen MR) is 128 cm³/mol. The summed E-state index contributed by atoms with van der Waals surface area (Å²) in [7, 11) is 0. The number of rotatable bonds is 5. The topological polar surface area (TPSA) is 68.4 Å². The number of amides is 2. The molecule has 4 rings (SSSR count). The normalized spacial score (nSPS) is 17.1. The second kappa shape index (κ2) is 9.73. The number of carbonyl (C=O) groups is 2. The van der Waals surface area contributed by atoms with Gasteiger partial charge in [-0.3, -0.25) is 14.5 Å². The fraction of sp³-hybridized carbons (Fsp3) is 0.385. The SMILES string of the molecule is CC(=O)N1CCN(CC(=O)NCc2ccc3[nH]c(C)c(C)c3c2)CC1c1ccc(C(F)(F)F)cc1. The quantitative estimate of drug-likeness (QED) is 0.564. The molecule has 0 radical (unpaired) electrons. The molecule has 0 spiro atoms. The zero-order valence-electron chi connectivity index (χ0n) is 20.0. The molecule has 186 valence electrons. The van der Waals surface area contributed by atoms with Crippen LogP contribution in [0.4, 0.5) is 13.2 Å². The van der Waals surface area contributed by atoms with Gasteiger partial charge in [0.15, 0.2) is 0 Å². The first kappa shape index (κ1) is 24.8. The Hall–Kier alpha value is -3.33. The number of piperazine rings is 1. The van der Waals surface area contributed by atoms with E-state index in [2.05, 4.69) is 23.3 Å². The van der Waals surface area contributed by atoms with Crippen molar-refractivity contribution in [1.29, 1.82) is 0 Å². The van der Waals surface area contributed by atoms with Gasteiger partial charge in [0.25, 0.3) is 0 Å². The van der Waals surface area contributed by atoms with Crippen molar-refractivity contribution in [1.82, 2.24) is 20.1 Å². The second-order valence-electron chi connectivity index (χ2n) is 9.11. The van der Waals surface area contributed by atoms with E-state index in [0.29, 0.717) is 31.7 Å². The molecule has 0 saturated carbocycles. The number of carbonyl (C=O) groups excluding carboxylic acids is 2. The van der Waals surface area contributed by atoms with Crippen LogP contribution in [0.2, 0.25) is 0 Å². The van der Waals surface area contributed by atoms with Gasteiger partial charge in [-0.25, -0.2) is 0 Å². The van der Waals surface area contributed by atoms with E-state index in [-0.39, 0.29) is 18.4 Å². The Morgan fingerprint density at radius 2 is 1.80 bits per heavy atom. The van der Waals surface area contributed by atoms with Gasteiger partial charge in [0, 0.05) is 49.7 Å². The average molecular weight is 487 g/mol. The van der Waals surface area contributed by atoms with E-state index in [1.54, 1.807) is 4.90 Å². The van der Waals surface area contributed by atoms with Crippen LogP contribution >= 0.6 is 0 Å². The van der Waals surface area contributed by atoms with Crippen LogP contribution in [0.3, 0.4) is 0 Å². The Labute approximate surface area is 202 Å². The van der Waals surface area contributed by atoms with E-state index < -0.39 is 17.8 Å². The Morgan fingerprint density at radius 1 is 1.09 bits per heavy atom. The lowest BCUT2D eigenvalue weighted by Gasteiger charge is -2.41. The molecule has 1 atom stereocenters. The number of hydrogen-bond donors (Lipinski definition) is 2. The molecule has 2 amide bonds. The highest BCUT2D eigenvalue weighted by Crippen LogP contribution is 2.32. The fourth-order valence-electron chi connectivity index (χ4n) is 4.62. The van der Waals surface area contributed by atoms with E-state index in [0.717, 1.165) is 34.3 Å². The van der Waals surface area contributed by atoms with Crippen molar-refractivity contribution in [2.24, 2.45) is 0 Å². The van der Waals surface area contributed by atoms with Crippen LogP contribution in [0, 0.1) is 13.8 Å². The number of aromatic amines is 1. The molecule has 0 aliphatic carbocycles. The largest absolute Gasteiger partial charge is 0.416 e. The van der Waals surface area contributed by atoms with Crippen LogP contribution in [0.5, 0.6) is 0 Å². The fourth-order valence-corrected chi connectivity index (χ4v) is 4.62. The molecule has 9 heteroatoms. The van der Waals surface area contributed by atoms with Gasteiger partial charge in [0.05, 0.1) is 18.2 Å². The molecule has 1 aromatic heterocycles. The molecule has 3 aromatic rings. The van der Waals surface area contributed by atoms with Gasteiger partial charge in [-0.2, -0.15) is 13.2 Å². The summed E-state index contributed by atoms with van der Waals surface area (Å²) < 4.78 is 38.8. The van der Waals surface area contributed by atoms with Crippen LogP contribution in [0.1, 0.15) is 40.9 Å². The third-order valence-corrected chi connectivity index (χ3v) is 6.72. The van der Waals surface area contributed by atoms with Crippen LogP contribution in [0.25, 0.3) is 10.9 Å². The second-order valence-corrected chi connectivity index (χ2v) is 9.11. The van der Waals surface area contributed by atoms with Crippen molar-refractivity contribution in [3.05, 3.63) is 70.4 Å². The van der Waals surface area contributed by atoms with Gasteiger partial charge in [0.1, 0.15) is 0 Å². The Bertz CT molecular complexity index is 1230. The van der Waals surface area contributed by atoms with E-state index in [9.17, 15) is 22.8 Å². The third kappa shape index (κ3) is 5.51. The summed E-state index contributed by atoms with van der Waals surface area (Å²) in [6, 6.07) is 10.5. The summed E-state index contributed by atoms with van der Waals surface area (Å²) in [6.45, 7) is 7.36. The zero-order chi connectivity index (χ0) is 25.3. The van der Waals surface area contributed by atoms with Gasteiger partial charge in [-0.15, -0.1) is 0 Å². The first-order valence-corrected chi connectivity index (χ1v) is 11.5. The van der Waals surface area contributed by atoms with Gasteiger partial charge >= 0.3 is 6.18 Å². The maximum atomic E-state index is 12.9. The smallest absolute Gasteiger partial charge is 0.358 e. The van der Waals surface area contributed by atoms with E-state index in [4.69, 9.17) is 0 Å². The Morgan fingerprint density at radius 3 is 2.46 bits per heavy atom. The van der Waals surface area contributed by atoms with Gasteiger partial charge in [-0.05, 0) is 54.8 Å². The molecule has 1 fully saturated rings. The molecule has 1 aliphatic rings. The van der Waals surface area contributed by atoms with E-state index in [1.807, 2.05) is 24.0 Å². The van der Waals surface area contributed by atoms with Crippen molar-refractivity contribution in [3.8, 4) is 0 Å². The number of hydrogen-bond acceptors (Lipinski definition) is 3. The van der Waals surface area contributed by atoms with E-state index >= 15 is 0 Å². The van der Waals surface area contributed by atoms with Gasteiger partial charge in [0.2, 0.25) is 11.8 Å². The third-order valence-electron chi connectivity index (χ3n) is 6.72. The minimum Gasteiger partial charge on any atom is -0.358 e. The van der Waals surface area contributed by atoms with Crippen molar-refractivity contribution in [2.75, 3.05) is 26.2 Å². The Kier molecular flexibility index (Phi) is 6.89. The maximum absolute atomic E-state index is 12.9. The minimum absolute atomic E-state index is 0.144. The number of nitrogens with zero attached hydrogens (tertiary/aromatic N) is 2. The number of nitrogens with one attached hydrogen (secondary N) is 2. The van der Waals surface area contributed by atoms with Gasteiger partial charge in [-0.1, -0.05) is 18.2 Å². The minimum atomic E-state index is -4.42. The molecule has 0 bridgehead atoms. The van der Waals surface area contributed by atoms with Crippen LogP contribution in [0.15, 0.2) is 42.5 Å². The van der Waals surface area contributed by atoms with Crippen LogP contribution < -0.4 is 5.32 Å². The summed E-state index contributed by atoms with van der Waals surface area (Å²) in [4.78, 5) is 31.7. The van der Waals surface area contributed by atoms with Crippen molar-refractivity contribution >= 4 is 22.7 Å². The Balaban J connectivity index is 1.39. The average Bonchev–Trinajstić information content (AvgIpc) is 3.10. The summed E-state index contributed by atoms with van der Waals surface area (Å²) in [5.74, 6) is -0.292. The van der Waals surface area contributed by atoms with Crippen LogP contribution in [-0.4, -0.2) is 52.8 Å². The summed E-state index contributed by atoms with van der Waals surface area (Å²) in [5.41, 5.74) is 4.25. The predicted octanol–water partition coefficient (Wildman–Crippen LogP) is 4.33. The summed E-state index contributed by atoms with van der Waals surface area (Å²) in [5, 5.41) is 4.09. The lowest BCUT2D eigenvalue weighted by Crippen LogP contribution is -2.52. The molecular weight excluding hydrogens is 457 g/mol. The summed E-state index contributed by atoms with van der Waals surface area (Å²) >= 11 is 0. The number of alkyl halides is 3. The van der Waals surface area contributed by atoms with Crippen molar-refractivity contribution in [2.45, 2.75) is 39.5 Å². The highest BCUT2D eigenvalue weighted by atomic mass is 19.4. The number of benzene rings is 2. The molecule has 6 nitrogen and oxygen atoms in total. The maximum Gasteiger partial charge on any atom is 0.416 e. The molecule has 1 saturated heterocycles. The van der Waals surface area contributed by atoms with Crippen molar-refractivity contribution < 1.29 is 22.8 Å². The zero-order valence-corrected chi connectivity index (χ0v) is 20.0. The van der Waals surface area contributed by atoms with E-state index in [1.165, 1.54) is 24.6 Å². The molecule has 35 heavy (non-hydrogen) atoms. The highest BCUT2D eigenvalue weighted by Gasteiger charge is 2.33. The number of fused-ring (bicyclic) bond motifs is 1. The lowest BCUT2D eigenvalue weighted by molar-refractivity contribution is -0.138. The monoisotopic (exact) mass is 486 g/mol. The lowest BCUT2D eigenvalue weighted by atomic mass is 10.0. The number of aryl methyl sites for hydroxylation is 2. The molecule has 2 heterocycles. The van der Waals surface area contributed by atoms with Gasteiger partial charge < -0.3 is 15.2 Å². The molecule has 1 aliphatic heterocycles. The van der Waals surface area contributed by atoms with Crippen LogP contribution in [-0.2, 0) is 22.3 Å². The highest BCUT2D eigenvalue weighted by molar-refractivity contribution is 5.85. The molecule has 2 N–H and O–H groups in total. The first-order chi connectivity index (χ1) is 16.5. The number of halogens is 3. The standard InChI is InChI=1S/C26H29F3N4O2/c1-16-17(2)31-23-9-4-19(12-22(16)23)13-30-25(35)15-32-10-11-33(18(3)34)24(14-32)20-5-7-21(8-6-20)26(27,28)29/h4-9,12,24,31H,10-11,13-15H2,1-3H3,(H,30,35). The molecule has 1 unspecified atom stereocenters. The molecular formula is C26H29F3N4O2. The molecule has 2 aromatic carbocycles. The number of H-pyrrole nitrogens is 1. The first-order valence-electron chi connectivity index (χ1n) is 11.5. The number of aromatic nitrogens is 1.